The third kappa shape index (κ3) is 6.12. The van der Waals surface area contributed by atoms with Gasteiger partial charge in [0.05, 0.1) is 17.3 Å². The number of piperidine rings is 1. The Labute approximate surface area is 189 Å². The molecular weight excluding hydrogens is 414 g/mol. The lowest BCUT2D eigenvalue weighted by molar-refractivity contribution is -0.117. The Morgan fingerprint density at radius 2 is 1.81 bits per heavy atom. The molecule has 2 aromatic carbocycles. The average Bonchev–Trinajstić information content (AvgIpc) is 2.76. The Morgan fingerprint density at radius 1 is 1.13 bits per heavy atom. The summed E-state index contributed by atoms with van der Waals surface area (Å²) in [5.74, 6) is 1.85. The molecule has 2 heterocycles. The molecule has 0 saturated carbocycles. The molecule has 2 aliphatic heterocycles. The zero-order valence-corrected chi connectivity index (χ0v) is 18.7. The van der Waals surface area contributed by atoms with Crippen LogP contribution in [0.5, 0.6) is 11.5 Å². The van der Waals surface area contributed by atoms with Crippen LogP contribution in [0.1, 0.15) is 18.4 Å². The number of carbonyl (C=O) groups excluding carboxylic acids is 1. The Morgan fingerprint density at radius 3 is 2.52 bits per heavy atom. The second-order valence-electron chi connectivity index (χ2n) is 8.43. The van der Waals surface area contributed by atoms with Crippen LogP contribution < -0.4 is 14.8 Å². The molecule has 2 aromatic rings. The zero-order chi connectivity index (χ0) is 21.6. The number of nitrogens with one attached hydrogen (secondary N) is 1. The molecule has 31 heavy (non-hydrogen) atoms. The third-order valence-corrected chi connectivity index (χ3v) is 6.16. The molecule has 166 valence electrons. The summed E-state index contributed by atoms with van der Waals surface area (Å²) in [5.41, 5.74) is 1.91. The minimum absolute atomic E-state index is 0.0572. The first kappa shape index (κ1) is 21.9. The van der Waals surface area contributed by atoms with E-state index in [2.05, 4.69) is 52.5 Å². The third-order valence-electron chi connectivity index (χ3n) is 5.85. The molecule has 2 aliphatic rings. The van der Waals surface area contributed by atoms with Crippen LogP contribution in [0.2, 0.25) is 5.02 Å². The van der Waals surface area contributed by atoms with Crippen LogP contribution in [0.15, 0.2) is 42.5 Å². The van der Waals surface area contributed by atoms with E-state index >= 15 is 0 Å². The number of hydrogen-bond acceptors (Lipinski definition) is 5. The van der Waals surface area contributed by atoms with E-state index in [-0.39, 0.29) is 5.91 Å². The van der Waals surface area contributed by atoms with Crippen molar-refractivity contribution in [1.82, 2.24) is 9.80 Å². The first-order valence-corrected chi connectivity index (χ1v) is 11.3. The van der Waals surface area contributed by atoms with Gasteiger partial charge in [-0.05, 0) is 44.5 Å². The van der Waals surface area contributed by atoms with Gasteiger partial charge in [0.25, 0.3) is 0 Å². The van der Waals surface area contributed by atoms with E-state index in [0.717, 1.165) is 39.0 Å². The van der Waals surface area contributed by atoms with E-state index in [9.17, 15) is 4.79 Å². The van der Waals surface area contributed by atoms with Crippen molar-refractivity contribution in [3.63, 3.8) is 0 Å². The Bertz CT molecular complexity index is 885. The summed E-state index contributed by atoms with van der Waals surface area (Å²) in [4.78, 5) is 17.2. The fourth-order valence-electron chi connectivity index (χ4n) is 4.28. The number of nitrogens with zero attached hydrogens (tertiary/aromatic N) is 2. The fourth-order valence-corrected chi connectivity index (χ4v) is 4.48. The second kappa shape index (κ2) is 10.4. The minimum atomic E-state index is -0.0572. The number of halogens is 1. The number of hydrogen-bond donors (Lipinski definition) is 1. The van der Waals surface area contributed by atoms with Crippen molar-refractivity contribution in [2.24, 2.45) is 5.92 Å². The van der Waals surface area contributed by atoms with Crippen LogP contribution in [0, 0.1) is 5.92 Å². The van der Waals surface area contributed by atoms with Crippen molar-refractivity contribution in [3.05, 3.63) is 53.1 Å². The van der Waals surface area contributed by atoms with E-state index in [4.69, 9.17) is 21.1 Å². The van der Waals surface area contributed by atoms with Gasteiger partial charge in [0.15, 0.2) is 11.5 Å². The van der Waals surface area contributed by atoms with Gasteiger partial charge in [-0.2, -0.15) is 0 Å². The molecule has 1 N–H and O–H groups in total. The van der Waals surface area contributed by atoms with Gasteiger partial charge in [0.1, 0.15) is 13.2 Å². The number of likely N-dealkylation sites (tertiary alicyclic amines) is 1. The number of anilines is 1. The smallest absolute Gasteiger partial charge is 0.238 e. The zero-order valence-electron chi connectivity index (χ0n) is 18.0. The van der Waals surface area contributed by atoms with Gasteiger partial charge >= 0.3 is 0 Å². The molecule has 0 atom stereocenters. The molecule has 0 bridgehead atoms. The summed E-state index contributed by atoms with van der Waals surface area (Å²) in [5, 5.41) is 3.38. The molecule has 1 fully saturated rings. The standard InChI is InChI=1S/C24H30ClN3O3/c1-27(15-18-5-3-2-4-6-18)16-19-7-9-28(10-8-19)17-24(29)26-21-14-23-22(13-20(21)25)30-11-12-31-23/h2-6,13-14,19H,7-12,15-17H2,1H3,(H,26,29). The van der Waals surface area contributed by atoms with Crippen molar-refractivity contribution in [1.29, 1.82) is 0 Å². The molecule has 7 heteroatoms. The van der Waals surface area contributed by atoms with Gasteiger partial charge in [0.2, 0.25) is 5.91 Å². The molecule has 0 aromatic heterocycles. The van der Waals surface area contributed by atoms with Crippen molar-refractivity contribution >= 4 is 23.2 Å². The quantitative estimate of drug-likeness (QED) is 0.703. The van der Waals surface area contributed by atoms with Crippen LogP contribution in [0.25, 0.3) is 0 Å². The molecule has 0 radical (unpaired) electrons. The lowest BCUT2D eigenvalue weighted by Crippen LogP contribution is -2.41. The summed E-state index contributed by atoms with van der Waals surface area (Å²) >= 11 is 6.31. The molecule has 0 aliphatic carbocycles. The molecule has 6 nitrogen and oxygen atoms in total. The highest BCUT2D eigenvalue weighted by Gasteiger charge is 2.23. The molecule has 0 spiro atoms. The SMILES string of the molecule is CN(Cc1ccccc1)CC1CCN(CC(=O)Nc2cc3c(cc2Cl)OCCO3)CC1. The van der Waals surface area contributed by atoms with Gasteiger partial charge < -0.3 is 19.7 Å². The van der Waals surface area contributed by atoms with Gasteiger partial charge in [-0.1, -0.05) is 41.9 Å². The van der Waals surface area contributed by atoms with Crippen molar-refractivity contribution < 1.29 is 14.3 Å². The number of rotatable bonds is 7. The number of benzene rings is 2. The topological polar surface area (TPSA) is 54.0 Å². The molecule has 1 amide bonds. The number of amides is 1. The van der Waals surface area contributed by atoms with E-state index in [1.807, 2.05) is 0 Å². The van der Waals surface area contributed by atoms with E-state index in [1.165, 1.54) is 5.56 Å². The van der Waals surface area contributed by atoms with E-state index < -0.39 is 0 Å². The van der Waals surface area contributed by atoms with E-state index in [1.54, 1.807) is 12.1 Å². The summed E-state index contributed by atoms with van der Waals surface area (Å²) < 4.78 is 11.1. The summed E-state index contributed by atoms with van der Waals surface area (Å²) in [6, 6.07) is 14.0. The first-order valence-electron chi connectivity index (χ1n) is 10.9. The maximum Gasteiger partial charge on any atom is 0.238 e. The highest BCUT2D eigenvalue weighted by molar-refractivity contribution is 6.34. The summed E-state index contributed by atoms with van der Waals surface area (Å²) in [7, 11) is 2.18. The minimum Gasteiger partial charge on any atom is -0.486 e. The van der Waals surface area contributed by atoms with Crippen LogP contribution in [-0.4, -0.2) is 62.1 Å². The molecular formula is C24H30ClN3O3. The second-order valence-corrected chi connectivity index (χ2v) is 8.83. The van der Waals surface area contributed by atoms with Gasteiger partial charge in [-0.15, -0.1) is 0 Å². The normalized spacial score (nSPS) is 17.0. The number of ether oxygens (including phenoxy) is 2. The van der Waals surface area contributed by atoms with Crippen LogP contribution in [0.4, 0.5) is 5.69 Å². The molecule has 1 saturated heterocycles. The van der Waals surface area contributed by atoms with E-state index in [0.29, 0.717) is 47.9 Å². The molecule has 4 rings (SSSR count). The Balaban J connectivity index is 1.21. The Hall–Kier alpha value is -2.28. The maximum absolute atomic E-state index is 12.6. The Kier molecular flexibility index (Phi) is 7.33. The van der Waals surface area contributed by atoms with Crippen LogP contribution in [0.3, 0.4) is 0 Å². The van der Waals surface area contributed by atoms with Gasteiger partial charge in [0, 0.05) is 25.2 Å². The molecule has 0 unspecified atom stereocenters. The van der Waals surface area contributed by atoms with Gasteiger partial charge in [-0.25, -0.2) is 0 Å². The monoisotopic (exact) mass is 443 g/mol. The number of fused-ring (bicyclic) bond motifs is 1. The first-order chi connectivity index (χ1) is 15.1. The number of carbonyl (C=O) groups is 1. The van der Waals surface area contributed by atoms with Crippen molar-refractivity contribution in [2.45, 2.75) is 19.4 Å². The fraction of sp³-hybridized carbons (Fsp3) is 0.458. The predicted octanol–water partition coefficient (Wildman–Crippen LogP) is 3.89. The highest BCUT2D eigenvalue weighted by Crippen LogP contribution is 2.38. The van der Waals surface area contributed by atoms with Crippen LogP contribution in [-0.2, 0) is 11.3 Å². The average molecular weight is 444 g/mol. The summed E-state index contributed by atoms with van der Waals surface area (Å²) in [6.07, 6.45) is 2.22. The van der Waals surface area contributed by atoms with Crippen molar-refractivity contribution in [3.8, 4) is 11.5 Å². The highest BCUT2D eigenvalue weighted by atomic mass is 35.5. The maximum atomic E-state index is 12.6. The summed E-state index contributed by atoms with van der Waals surface area (Å²) in [6.45, 7) is 5.31. The predicted molar refractivity (Wildman–Crippen MR) is 123 cm³/mol. The van der Waals surface area contributed by atoms with Crippen molar-refractivity contribution in [2.75, 3.05) is 51.8 Å². The van der Waals surface area contributed by atoms with Crippen LogP contribution >= 0.6 is 11.6 Å². The largest absolute Gasteiger partial charge is 0.486 e. The lowest BCUT2D eigenvalue weighted by atomic mass is 9.96. The lowest BCUT2D eigenvalue weighted by Gasteiger charge is -2.33. The van der Waals surface area contributed by atoms with Gasteiger partial charge in [-0.3, -0.25) is 9.69 Å².